The Morgan fingerprint density at radius 3 is 2.11 bits per heavy atom. The Hall–Kier alpha value is -2.95. The zero-order valence-corrected chi connectivity index (χ0v) is 16.3. The molecule has 2 aromatic carbocycles. The van der Waals surface area contributed by atoms with Crippen molar-refractivity contribution in [2.75, 3.05) is 37.9 Å². The normalized spacial score (nSPS) is 11.1. The van der Waals surface area contributed by atoms with Crippen LogP contribution in [0.4, 0.5) is 11.4 Å². The van der Waals surface area contributed by atoms with Gasteiger partial charge in [0.2, 0.25) is 21.8 Å². The van der Waals surface area contributed by atoms with Gasteiger partial charge in [-0.15, -0.1) is 0 Å². The van der Waals surface area contributed by atoms with Crippen LogP contribution in [0, 0.1) is 0 Å². The molecule has 0 aliphatic heterocycles. The van der Waals surface area contributed by atoms with Gasteiger partial charge >= 0.3 is 0 Å². The van der Waals surface area contributed by atoms with Crippen LogP contribution in [0.25, 0.3) is 0 Å². The maximum Gasteiger partial charge on any atom is 0.238 e. The van der Waals surface area contributed by atoms with Crippen LogP contribution < -0.4 is 20.5 Å². The molecule has 0 aliphatic rings. The number of likely N-dealkylation sites (N-methyl/N-ethyl adjacent to an activating group) is 1. The summed E-state index contributed by atoms with van der Waals surface area (Å²) in [6, 6.07) is 12.5. The lowest BCUT2D eigenvalue weighted by molar-refractivity contribution is -0.119. The molecule has 4 N–H and O–H groups in total. The number of rotatable bonds is 8. The van der Waals surface area contributed by atoms with Crippen LogP contribution in [0.15, 0.2) is 53.4 Å². The molecule has 0 heterocycles. The fourth-order valence-corrected chi connectivity index (χ4v) is 2.93. The summed E-state index contributed by atoms with van der Waals surface area (Å²) >= 11 is 0. The molecule has 0 aliphatic carbocycles. The number of nitrogens with one attached hydrogen (secondary N) is 2. The van der Waals surface area contributed by atoms with E-state index in [1.807, 2.05) is 0 Å². The number of amides is 2. The van der Waals surface area contributed by atoms with Gasteiger partial charge in [0.1, 0.15) is 5.75 Å². The van der Waals surface area contributed by atoms with E-state index in [4.69, 9.17) is 9.88 Å². The number of carbonyl (C=O) groups is 2. The second kappa shape index (κ2) is 9.31. The van der Waals surface area contributed by atoms with Gasteiger partial charge in [-0.2, -0.15) is 0 Å². The molecule has 2 aromatic rings. The molecule has 0 bridgehead atoms. The highest BCUT2D eigenvalue weighted by Crippen LogP contribution is 2.15. The van der Waals surface area contributed by atoms with Crippen molar-refractivity contribution in [2.45, 2.75) is 4.90 Å². The Labute approximate surface area is 163 Å². The highest BCUT2D eigenvalue weighted by molar-refractivity contribution is 7.89. The first-order valence-electron chi connectivity index (χ1n) is 8.22. The zero-order chi connectivity index (χ0) is 20.7. The average Bonchev–Trinajstić information content (AvgIpc) is 2.61. The van der Waals surface area contributed by atoms with Crippen molar-refractivity contribution in [2.24, 2.45) is 5.14 Å². The van der Waals surface area contributed by atoms with Crippen LogP contribution in [0.3, 0.4) is 0 Å². The number of methoxy groups -OCH3 is 1. The molecule has 150 valence electrons. The first-order chi connectivity index (χ1) is 13.2. The van der Waals surface area contributed by atoms with Gasteiger partial charge in [0.05, 0.1) is 25.1 Å². The van der Waals surface area contributed by atoms with Gasteiger partial charge < -0.3 is 15.4 Å². The summed E-state index contributed by atoms with van der Waals surface area (Å²) in [5.41, 5.74) is 0.913. The van der Waals surface area contributed by atoms with E-state index in [1.165, 1.54) is 23.1 Å². The third-order valence-electron chi connectivity index (χ3n) is 3.65. The number of sulfonamides is 1. The number of anilines is 2. The van der Waals surface area contributed by atoms with E-state index in [0.29, 0.717) is 17.1 Å². The molecule has 2 rings (SSSR count). The molecule has 0 saturated carbocycles. The van der Waals surface area contributed by atoms with Crippen LogP contribution in [-0.4, -0.2) is 52.4 Å². The third-order valence-corrected chi connectivity index (χ3v) is 4.56. The molecule has 0 atom stereocenters. The van der Waals surface area contributed by atoms with E-state index in [0.717, 1.165) is 0 Å². The fraction of sp³-hybridized carbons (Fsp3) is 0.222. The summed E-state index contributed by atoms with van der Waals surface area (Å²) in [7, 11) is -0.683. The molecule has 10 heteroatoms. The lowest BCUT2D eigenvalue weighted by Crippen LogP contribution is -2.36. The Morgan fingerprint density at radius 2 is 1.57 bits per heavy atom. The Kier molecular flexibility index (Phi) is 7.10. The van der Waals surface area contributed by atoms with Gasteiger partial charge in [-0.3, -0.25) is 14.5 Å². The Bertz CT molecular complexity index is 945. The SMILES string of the molecule is COc1ccc(NC(=O)CN(C)CC(=O)Nc2cccc(S(N)(=O)=O)c2)cc1. The molecule has 2 amide bonds. The molecule has 0 radical (unpaired) electrons. The minimum atomic E-state index is -3.86. The summed E-state index contributed by atoms with van der Waals surface area (Å²) in [5.74, 6) is 0.00120. The summed E-state index contributed by atoms with van der Waals surface area (Å²) in [6.45, 7) is -0.0632. The van der Waals surface area contributed by atoms with Crippen molar-refractivity contribution in [3.05, 3.63) is 48.5 Å². The Morgan fingerprint density at radius 1 is 1.00 bits per heavy atom. The van der Waals surface area contributed by atoms with E-state index in [2.05, 4.69) is 10.6 Å². The molecule has 0 aromatic heterocycles. The van der Waals surface area contributed by atoms with Crippen LogP contribution in [0.2, 0.25) is 0 Å². The lowest BCUT2D eigenvalue weighted by atomic mass is 10.3. The van der Waals surface area contributed by atoms with Gasteiger partial charge in [-0.05, 0) is 49.5 Å². The van der Waals surface area contributed by atoms with Crippen LogP contribution in [0.1, 0.15) is 0 Å². The number of nitrogens with zero attached hydrogens (tertiary/aromatic N) is 1. The van der Waals surface area contributed by atoms with Crippen molar-refractivity contribution in [1.82, 2.24) is 4.90 Å². The number of hydrogen-bond acceptors (Lipinski definition) is 6. The summed E-state index contributed by atoms with van der Waals surface area (Å²) in [4.78, 5) is 25.6. The summed E-state index contributed by atoms with van der Waals surface area (Å²) in [5, 5.41) is 10.4. The van der Waals surface area contributed by atoms with Gasteiger partial charge in [0, 0.05) is 11.4 Å². The van der Waals surface area contributed by atoms with Crippen LogP contribution >= 0.6 is 0 Å². The smallest absolute Gasteiger partial charge is 0.238 e. The minimum absolute atomic E-state index is 0.00331. The molecule has 9 nitrogen and oxygen atoms in total. The molecule has 0 unspecified atom stereocenters. The van der Waals surface area contributed by atoms with Crippen LogP contribution in [0.5, 0.6) is 5.75 Å². The summed E-state index contributed by atoms with van der Waals surface area (Å²) < 4.78 is 27.8. The number of carbonyl (C=O) groups excluding carboxylic acids is 2. The maximum absolute atomic E-state index is 12.1. The van der Waals surface area contributed by atoms with Crippen molar-refractivity contribution in [3.8, 4) is 5.75 Å². The van der Waals surface area contributed by atoms with E-state index >= 15 is 0 Å². The second-order valence-corrected chi connectivity index (χ2v) is 7.63. The highest BCUT2D eigenvalue weighted by atomic mass is 32.2. The van der Waals surface area contributed by atoms with E-state index < -0.39 is 15.9 Å². The van der Waals surface area contributed by atoms with E-state index in [-0.39, 0.29) is 23.9 Å². The number of nitrogens with two attached hydrogens (primary N) is 1. The topological polar surface area (TPSA) is 131 Å². The van der Waals surface area contributed by atoms with Crippen molar-refractivity contribution in [1.29, 1.82) is 0 Å². The molecule has 0 fully saturated rings. The van der Waals surface area contributed by atoms with Gasteiger partial charge in [-0.1, -0.05) is 6.07 Å². The lowest BCUT2D eigenvalue weighted by Gasteiger charge is -2.16. The predicted octanol–water partition coefficient (Wildman–Crippen LogP) is 0.852. The standard InChI is InChI=1S/C18H22N4O5S/c1-22(11-17(23)20-13-6-8-15(27-2)9-7-13)12-18(24)21-14-4-3-5-16(10-14)28(19,25)26/h3-10H,11-12H2,1-2H3,(H,20,23)(H,21,24)(H2,19,25,26). The molecule has 0 spiro atoms. The van der Waals surface area contributed by atoms with Gasteiger partial charge in [0.25, 0.3) is 0 Å². The quantitative estimate of drug-likeness (QED) is 0.596. The first kappa shape index (κ1) is 21.4. The maximum atomic E-state index is 12.1. The van der Waals surface area contributed by atoms with E-state index in [9.17, 15) is 18.0 Å². The molecular weight excluding hydrogens is 384 g/mol. The van der Waals surface area contributed by atoms with Crippen molar-refractivity contribution in [3.63, 3.8) is 0 Å². The molecule has 0 saturated heterocycles. The summed E-state index contributed by atoms with van der Waals surface area (Å²) in [6.07, 6.45) is 0. The van der Waals surface area contributed by atoms with Crippen molar-refractivity contribution < 1.29 is 22.7 Å². The predicted molar refractivity (Wildman–Crippen MR) is 106 cm³/mol. The number of primary sulfonamides is 1. The Balaban J connectivity index is 1.85. The highest BCUT2D eigenvalue weighted by Gasteiger charge is 2.13. The largest absolute Gasteiger partial charge is 0.497 e. The van der Waals surface area contributed by atoms with Gasteiger partial charge in [-0.25, -0.2) is 13.6 Å². The zero-order valence-electron chi connectivity index (χ0n) is 15.5. The fourth-order valence-electron chi connectivity index (χ4n) is 2.37. The number of hydrogen-bond donors (Lipinski definition) is 3. The molecule has 28 heavy (non-hydrogen) atoms. The third kappa shape index (κ3) is 6.65. The van der Waals surface area contributed by atoms with Crippen LogP contribution in [-0.2, 0) is 19.6 Å². The molecular formula is C18H22N4O5S. The minimum Gasteiger partial charge on any atom is -0.497 e. The second-order valence-electron chi connectivity index (χ2n) is 6.07. The van der Waals surface area contributed by atoms with Gasteiger partial charge in [0.15, 0.2) is 0 Å². The first-order valence-corrected chi connectivity index (χ1v) is 9.77. The average molecular weight is 406 g/mol. The number of ether oxygens (including phenoxy) is 1. The van der Waals surface area contributed by atoms with Crippen molar-refractivity contribution >= 4 is 33.2 Å². The monoisotopic (exact) mass is 406 g/mol. The van der Waals surface area contributed by atoms with E-state index in [1.54, 1.807) is 44.5 Å². The number of benzene rings is 2.